The largest absolute Gasteiger partial charge is 0.366 e. The summed E-state index contributed by atoms with van der Waals surface area (Å²) in [6, 6.07) is 6.71. The zero-order valence-electron chi connectivity index (χ0n) is 9.87. The van der Waals surface area contributed by atoms with Crippen LogP contribution in [0.4, 0.5) is 11.4 Å². The normalized spacial score (nSPS) is 18.7. The van der Waals surface area contributed by atoms with Gasteiger partial charge in [0.15, 0.2) is 0 Å². The molecule has 6 nitrogen and oxygen atoms in total. The van der Waals surface area contributed by atoms with Gasteiger partial charge in [0.2, 0.25) is 0 Å². The van der Waals surface area contributed by atoms with Crippen LogP contribution in [0.5, 0.6) is 0 Å². The second-order valence-electron chi connectivity index (χ2n) is 4.38. The summed E-state index contributed by atoms with van der Waals surface area (Å²) in [5.74, 6) is 0.371. The molecule has 0 amide bonds. The molecule has 1 unspecified atom stereocenters. The maximum atomic E-state index is 11.1. The van der Waals surface area contributed by atoms with Crippen molar-refractivity contribution in [3.63, 3.8) is 0 Å². The molecule has 0 aliphatic carbocycles. The summed E-state index contributed by atoms with van der Waals surface area (Å²) in [6.45, 7) is 2.05. The number of nitrogens with zero attached hydrogens (tertiary/aromatic N) is 3. The van der Waals surface area contributed by atoms with Gasteiger partial charge in [0.05, 0.1) is 4.92 Å². The van der Waals surface area contributed by atoms with Crippen LogP contribution in [-0.4, -0.2) is 24.6 Å². The monoisotopic (exact) mass is 246 g/mol. The van der Waals surface area contributed by atoms with E-state index < -0.39 is 4.92 Å². The second kappa shape index (κ2) is 5.02. The molecule has 1 fully saturated rings. The highest BCUT2D eigenvalue weighted by molar-refractivity contribution is 5.70. The fraction of sp³-hybridized carbons (Fsp3) is 0.417. The molecular weight excluding hydrogens is 232 g/mol. The topological polar surface area (TPSA) is 96.2 Å². The van der Waals surface area contributed by atoms with Crippen LogP contribution in [0, 0.1) is 27.4 Å². The molecule has 0 aromatic heterocycles. The first-order valence-corrected chi connectivity index (χ1v) is 5.80. The summed E-state index contributed by atoms with van der Waals surface area (Å²) in [6.07, 6.45) is 0.935. The average Bonchev–Trinajstić information content (AvgIpc) is 2.86. The minimum atomic E-state index is -0.482. The van der Waals surface area contributed by atoms with E-state index in [1.807, 2.05) is 11.0 Å². The van der Waals surface area contributed by atoms with Crippen molar-refractivity contribution in [1.29, 1.82) is 5.26 Å². The molecule has 1 heterocycles. The van der Waals surface area contributed by atoms with Crippen LogP contribution in [0.3, 0.4) is 0 Å². The minimum Gasteiger partial charge on any atom is -0.366 e. The van der Waals surface area contributed by atoms with Crippen molar-refractivity contribution in [2.75, 3.05) is 24.5 Å². The SMILES string of the molecule is N#Cc1cccc(N2CCC(CN)C2)c1[N+](=O)[O-]. The van der Waals surface area contributed by atoms with Gasteiger partial charge in [0.1, 0.15) is 17.3 Å². The Hall–Kier alpha value is -2.13. The van der Waals surface area contributed by atoms with E-state index in [1.54, 1.807) is 12.1 Å². The lowest BCUT2D eigenvalue weighted by atomic mass is 10.1. The molecule has 2 N–H and O–H groups in total. The molecule has 1 aromatic carbocycles. The van der Waals surface area contributed by atoms with Gasteiger partial charge in [-0.1, -0.05) is 6.07 Å². The number of nitriles is 1. The van der Waals surface area contributed by atoms with E-state index in [9.17, 15) is 10.1 Å². The van der Waals surface area contributed by atoms with Crippen molar-refractivity contribution in [3.8, 4) is 6.07 Å². The fourth-order valence-corrected chi connectivity index (χ4v) is 2.31. The Morgan fingerprint density at radius 3 is 2.94 bits per heavy atom. The molecule has 0 saturated carbocycles. The van der Waals surface area contributed by atoms with Gasteiger partial charge >= 0.3 is 5.69 Å². The summed E-state index contributed by atoms with van der Waals surface area (Å²) in [4.78, 5) is 12.6. The maximum absolute atomic E-state index is 11.1. The average molecular weight is 246 g/mol. The molecule has 1 aliphatic rings. The molecule has 0 bridgehead atoms. The third kappa shape index (κ3) is 2.13. The molecule has 0 spiro atoms. The van der Waals surface area contributed by atoms with E-state index >= 15 is 0 Å². The number of nitro groups is 1. The Balaban J connectivity index is 2.40. The maximum Gasteiger partial charge on any atom is 0.310 e. The van der Waals surface area contributed by atoms with Gasteiger partial charge in [0.25, 0.3) is 0 Å². The van der Waals surface area contributed by atoms with Gasteiger partial charge in [-0.05, 0) is 31.0 Å². The van der Waals surface area contributed by atoms with E-state index in [2.05, 4.69) is 0 Å². The van der Waals surface area contributed by atoms with Gasteiger partial charge in [-0.2, -0.15) is 5.26 Å². The molecular formula is C12H14N4O2. The van der Waals surface area contributed by atoms with E-state index in [1.165, 1.54) is 6.07 Å². The fourth-order valence-electron chi connectivity index (χ4n) is 2.31. The molecule has 1 saturated heterocycles. The van der Waals surface area contributed by atoms with Crippen LogP contribution < -0.4 is 10.6 Å². The Kier molecular flexibility index (Phi) is 3.44. The minimum absolute atomic E-state index is 0.0994. The molecule has 94 valence electrons. The zero-order valence-corrected chi connectivity index (χ0v) is 9.87. The molecule has 1 atom stereocenters. The first kappa shape index (κ1) is 12.3. The smallest absolute Gasteiger partial charge is 0.310 e. The highest BCUT2D eigenvalue weighted by Gasteiger charge is 2.28. The first-order chi connectivity index (χ1) is 8.67. The number of nitrogens with two attached hydrogens (primary N) is 1. The Labute approximate surface area is 105 Å². The zero-order chi connectivity index (χ0) is 13.1. The van der Waals surface area contributed by atoms with Crippen molar-refractivity contribution in [3.05, 3.63) is 33.9 Å². The van der Waals surface area contributed by atoms with Crippen molar-refractivity contribution in [2.45, 2.75) is 6.42 Å². The van der Waals surface area contributed by atoms with E-state index in [4.69, 9.17) is 11.0 Å². The predicted octanol–water partition coefficient (Wildman–Crippen LogP) is 1.25. The quantitative estimate of drug-likeness (QED) is 0.639. The van der Waals surface area contributed by atoms with Gasteiger partial charge < -0.3 is 10.6 Å². The predicted molar refractivity (Wildman–Crippen MR) is 67.2 cm³/mol. The number of para-hydroxylation sites is 1. The first-order valence-electron chi connectivity index (χ1n) is 5.80. The van der Waals surface area contributed by atoms with E-state index in [0.29, 0.717) is 24.7 Å². The van der Waals surface area contributed by atoms with Crippen molar-refractivity contribution in [1.82, 2.24) is 0 Å². The second-order valence-corrected chi connectivity index (χ2v) is 4.38. The number of benzene rings is 1. The lowest BCUT2D eigenvalue weighted by Gasteiger charge is -2.18. The lowest BCUT2D eigenvalue weighted by molar-refractivity contribution is -0.384. The van der Waals surface area contributed by atoms with E-state index in [-0.39, 0.29) is 11.3 Å². The summed E-state index contributed by atoms with van der Waals surface area (Å²) < 4.78 is 0. The van der Waals surface area contributed by atoms with Crippen LogP contribution in [0.15, 0.2) is 18.2 Å². The molecule has 6 heteroatoms. The van der Waals surface area contributed by atoms with Crippen LogP contribution in [0.1, 0.15) is 12.0 Å². The van der Waals surface area contributed by atoms with Crippen molar-refractivity contribution in [2.24, 2.45) is 11.7 Å². The van der Waals surface area contributed by atoms with E-state index in [0.717, 1.165) is 13.0 Å². The van der Waals surface area contributed by atoms with Crippen LogP contribution >= 0.6 is 0 Å². The molecule has 18 heavy (non-hydrogen) atoms. The van der Waals surface area contributed by atoms with Crippen molar-refractivity contribution >= 4 is 11.4 Å². The number of anilines is 1. The highest BCUT2D eigenvalue weighted by atomic mass is 16.6. The Morgan fingerprint density at radius 1 is 1.61 bits per heavy atom. The summed E-state index contributed by atoms with van der Waals surface area (Å²) in [5, 5.41) is 20.1. The standard InChI is InChI=1S/C12H14N4O2/c13-6-9-4-5-15(8-9)11-3-1-2-10(7-14)12(11)16(17)18/h1-3,9H,4-6,8,13H2. The van der Waals surface area contributed by atoms with Crippen LogP contribution in [0.25, 0.3) is 0 Å². The number of nitro benzene ring substituents is 1. The van der Waals surface area contributed by atoms with Gasteiger partial charge in [-0.3, -0.25) is 10.1 Å². The third-order valence-corrected chi connectivity index (χ3v) is 3.28. The molecule has 1 aliphatic heterocycles. The number of hydrogen-bond donors (Lipinski definition) is 1. The van der Waals surface area contributed by atoms with Gasteiger partial charge in [0, 0.05) is 13.1 Å². The molecule has 2 rings (SSSR count). The Bertz CT molecular complexity index is 509. The van der Waals surface area contributed by atoms with Gasteiger partial charge in [-0.15, -0.1) is 0 Å². The third-order valence-electron chi connectivity index (χ3n) is 3.28. The van der Waals surface area contributed by atoms with Gasteiger partial charge in [-0.25, -0.2) is 0 Å². The summed E-state index contributed by atoms with van der Waals surface area (Å²) in [7, 11) is 0. The number of hydrogen-bond acceptors (Lipinski definition) is 5. The molecule has 1 aromatic rings. The lowest BCUT2D eigenvalue weighted by Crippen LogP contribution is -2.23. The van der Waals surface area contributed by atoms with Crippen LogP contribution in [0.2, 0.25) is 0 Å². The summed E-state index contributed by atoms with van der Waals surface area (Å²) >= 11 is 0. The van der Waals surface area contributed by atoms with Crippen LogP contribution in [-0.2, 0) is 0 Å². The summed E-state index contributed by atoms with van der Waals surface area (Å²) in [5.41, 5.74) is 6.14. The highest BCUT2D eigenvalue weighted by Crippen LogP contribution is 2.34. The Morgan fingerprint density at radius 2 is 2.39 bits per heavy atom. The molecule has 0 radical (unpaired) electrons. The van der Waals surface area contributed by atoms with Crippen molar-refractivity contribution < 1.29 is 4.92 Å². The number of rotatable bonds is 3.